The van der Waals surface area contributed by atoms with Gasteiger partial charge in [-0.2, -0.15) is 5.26 Å². The van der Waals surface area contributed by atoms with Gasteiger partial charge < -0.3 is 9.72 Å². The molecule has 0 bridgehead atoms. The summed E-state index contributed by atoms with van der Waals surface area (Å²) in [5.74, 6) is 0.762. The lowest BCUT2D eigenvalue weighted by Gasteiger charge is -2.01. The summed E-state index contributed by atoms with van der Waals surface area (Å²) in [6, 6.07) is 13.6. The minimum absolute atomic E-state index is 0.563. The summed E-state index contributed by atoms with van der Waals surface area (Å²) in [6.07, 6.45) is 5.32. The molecule has 0 fully saturated rings. The highest BCUT2D eigenvalue weighted by Gasteiger charge is 2.09. The molecule has 0 aliphatic rings. The lowest BCUT2D eigenvalue weighted by Crippen LogP contribution is -1.84. The van der Waals surface area contributed by atoms with Crippen LogP contribution in [0.2, 0.25) is 0 Å². The first kappa shape index (κ1) is 12.9. The van der Waals surface area contributed by atoms with Crippen molar-refractivity contribution >= 4 is 22.6 Å². The summed E-state index contributed by atoms with van der Waals surface area (Å²) in [7, 11) is 1.63. The number of aromatic nitrogens is 2. The third-order valence-electron chi connectivity index (χ3n) is 3.28. The molecular formula is C17H13N3O. The second-order valence-electron chi connectivity index (χ2n) is 4.54. The normalized spacial score (nSPS) is 11.3. The van der Waals surface area contributed by atoms with Crippen molar-refractivity contribution in [3.63, 3.8) is 0 Å². The lowest BCUT2D eigenvalue weighted by atomic mass is 10.0. The second kappa shape index (κ2) is 5.51. The summed E-state index contributed by atoms with van der Waals surface area (Å²) in [4.78, 5) is 7.40. The van der Waals surface area contributed by atoms with Crippen LogP contribution in [-0.4, -0.2) is 17.1 Å². The summed E-state index contributed by atoms with van der Waals surface area (Å²) in [5.41, 5.74) is 3.13. The summed E-state index contributed by atoms with van der Waals surface area (Å²) in [5, 5.41) is 10.4. The Balaban J connectivity index is 2.14. The molecule has 21 heavy (non-hydrogen) atoms. The van der Waals surface area contributed by atoms with Crippen molar-refractivity contribution in [2.45, 2.75) is 0 Å². The van der Waals surface area contributed by atoms with Crippen LogP contribution in [0.4, 0.5) is 0 Å². The number of nitrogens with one attached hydrogen (secondary N) is 1. The molecule has 0 unspecified atom stereocenters. The van der Waals surface area contributed by atoms with E-state index in [0.717, 1.165) is 27.9 Å². The minimum atomic E-state index is 0.563. The number of fused-ring (bicyclic) bond motifs is 1. The largest absolute Gasteiger partial charge is 0.497 e. The highest BCUT2D eigenvalue weighted by atomic mass is 16.5. The van der Waals surface area contributed by atoms with Crippen molar-refractivity contribution in [2.24, 2.45) is 0 Å². The SMILES string of the molecule is COc1ccc2[nH]cc(C(C#N)=Cc3ccccn3)c2c1. The Labute approximate surface area is 122 Å². The van der Waals surface area contributed by atoms with E-state index in [4.69, 9.17) is 4.74 Å². The molecule has 0 saturated heterocycles. The standard InChI is InChI=1S/C17H13N3O/c1-21-14-5-6-17-15(9-14)16(11-20-17)12(10-18)8-13-4-2-3-7-19-13/h2-9,11,20H,1H3. The Bertz CT molecular complexity index is 841. The van der Waals surface area contributed by atoms with Gasteiger partial charge in [0.25, 0.3) is 0 Å². The zero-order chi connectivity index (χ0) is 14.7. The van der Waals surface area contributed by atoms with Crippen molar-refractivity contribution < 1.29 is 4.74 Å². The Kier molecular flexibility index (Phi) is 3.40. The first-order chi connectivity index (χ1) is 10.3. The molecule has 1 N–H and O–H groups in total. The van der Waals surface area contributed by atoms with Crippen LogP contribution < -0.4 is 4.74 Å². The average Bonchev–Trinajstić information content (AvgIpc) is 2.96. The number of pyridine rings is 1. The van der Waals surface area contributed by atoms with E-state index in [0.29, 0.717) is 5.57 Å². The van der Waals surface area contributed by atoms with E-state index in [9.17, 15) is 5.26 Å². The molecular weight excluding hydrogens is 262 g/mol. The molecule has 0 amide bonds. The summed E-state index contributed by atoms with van der Waals surface area (Å²) >= 11 is 0. The molecule has 0 radical (unpaired) electrons. The minimum Gasteiger partial charge on any atom is -0.497 e. The maximum Gasteiger partial charge on any atom is 0.119 e. The van der Waals surface area contributed by atoms with Crippen molar-refractivity contribution in [3.05, 3.63) is 60.0 Å². The Morgan fingerprint density at radius 2 is 2.24 bits per heavy atom. The van der Waals surface area contributed by atoms with E-state index in [2.05, 4.69) is 16.0 Å². The van der Waals surface area contributed by atoms with Gasteiger partial charge in [0.05, 0.1) is 24.4 Å². The zero-order valence-corrected chi connectivity index (χ0v) is 11.5. The molecule has 3 rings (SSSR count). The van der Waals surface area contributed by atoms with Crippen molar-refractivity contribution in [1.29, 1.82) is 5.26 Å². The molecule has 1 aromatic carbocycles. The smallest absolute Gasteiger partial charge is 0.119 e. The van der Waals surface area contributed by atoms with Crippen LogP contribution in [0.15, 0.2) is 48.8 Å². The number of ether oxygens (including phenoxy) is 1. The van der Waals surface area contributed by atoms with Crippen LogP contribution in [0.1, 0.15) is 11.3 Å². The van der Waals surface area contributed by atoms with Crippen molar-refractivity contribution in [2.75, 3.05) is 7.11 Å². The fraction of sp³-hybridized carbons (Fsp3) is 0.0588. The Hall–Kier alpha value is -3.06. The maximum atomic E-state index is 9.45. The monoisotopic (exact) mass is 275 g/mol. The highest BCUT2D eigenvalue weighted by Crippen LogP contribution is 2.29. The van der Waals surface area contributed by atoms with Crippen molar-refractivity contribution in [3.8, 4) is 11.8 Å². The van der Waals surface area contributed by atoms with E-state index in [1.165, 1.54) is 0 Å². The number of nitriles is 1. The Morgan fingerprint density at radius 1 is 1.33 bits per heavy atom. The van der Waals surface area contributed by atoms with Crippen LogP contribution in [0.3, 0.4) is 0 Å². The topological polar surface area (TPSA) is 61.7 Å². The van der Waals surface area contributed by atoms with Gasteiger partial charge >= 0.3 is 0 Å². The highest BCUT2D eigenvalue weighted by molar-refractivity contribution is 6.01. The summed E-state index contributed by atoms with van der Waals surface area (Å²) in [6.45, 7) is 0. The van der Waals surface area contributed by atoms with Gasteiger partial charge in [-0.05, 0) is 36.4 Å². The molecule has 2 aromatic heterocycles. The number of H-pyrrole nitrogens is 1. The first-order valence-electron chi connectivity index (χ1n) is 6.50. The predicted molar refractivity (Wildman–Crippen MR) is 82.6 cm³/mol. The quantitative estimate of drug-likeness (QED) is 0.742. The fourth-order valence-electron chi connectivity index (χ4n) is 2.23. The maximum absolute atomic E-state index is 9.45. The van der Waals surface area contributed by atoms with E-state index in [-0.39, 0.29) is 0 Å². The van der Waals surface area contributed by atoms with E-state index < -0.39 is 0 Å². The number of allylic oxidation sites excluding steroid dienone is 1. The molecule has 0 aliphatic heterocycles. The van der Waals surface area contributed by atoms with Gasteiger partial charge in [-0.1, -0.05) is 6.07 Å². The van der Waals surface area contributed by atoms with Crippen LogP contribution in [-0.2, 0) is 0 Å². The van der Waals surface area contributed by atoms with Crippen molar-refractivity contribution in [1.82, 2.24) is 9.97 Å². The number of hydrogen-bond acceptors (Lipinski definition) is 3. The number of methoxy groups -OCH3 is 1. The van der Waals surface area contributed by atoms with Gasteiger partial charge in [0.2, 0.25) is 0 Å². The van der Waals surface area contributed by atoms with Gasteiger partial charge in [0, 0.05) is 28.9 Å². The number of hydrogen-bond donors (Lipinski definition) is 1. The second-order valence-corrected chi connectivity index (χ2v) is 4.54. The number of rotatable bonds is 3. The van der Waals surface area contributed by atoms with Crippen LogP contribution >= 0.6 is 0 Å². The van der Waals surface area contributed by atoms with Crippen LogP contribution in [0.5, 0.6) is 5.75 Å². The van der Waals surface area contributed by atoms with Gasteiger partial charge in [-0.25, -0.2) is 0 Å². The van der Waals surface area contributed by atoms with E-state index in [1.807, 2.05) is 42.6 Å². The van der Waals surface area contributed by atoms with Gasteiger partial charge in [-0.3, -0.25) is 4.98 Å². The molecule has 102 valence electrons. The third kappa shape index (κ3) is 2.49. The van der Waals surface area contributed by atoms with Gasteiger partial charge in [-0.15, -0.1) is 0 Å². The molecule has 2 heterocycles. The molecule has 4 heteroatoms. The molecule has 3 aromatic rings. The third-order valence-corrected chi connectivity index (χ3v) is 3.28. The average molecular weight is 275 g/mol. The summed E-state index contributed by atoms with van der Waals surface area (Å²) < 4.78 is 5.25. The molecule has 0 spiro atoms. The fourth-order valence-corrected chi connectivity index (χ4v) is 2.23. The molecule has 0 aliphatic carbocycles. The van der Waals surface area contributed by atoms with E-state index in [1.54, 1.807) is 19.4 Å². The number of benzene rings is 1. The van der Waals surface area contributed by atoms with E-state index >= 15 is 0 Å². The van der Waals surface area contributed by atoms with Gasteiger partial charge in [0.1, 0.15) is 5.75 Å². The predicted octanol–water partition coefficient (Wildman–Crippen LogP) is 3.64. The molecule has 0 atom stereocenters. The number of nitrogens with zero attached hydrogens (tertiary/aromatic N) is 2. The van der Waals surface area contributed by atoms with Crippen LogP contribution in [0.25, 0.3) is 22.6 Å². The van der Waals surface area contributed by atoms with Gasteiger partial charge in [0.15, 0.2) is 0 Å². The number of aromatic amines is 1. The first-order valence-corrected chi connectivity index (χ1v) is 6.50. The Morgan fingerprint density at radius 3 is 2.95 bits per heavy atom. The zero-order valence-electron chi connectivity index (χ0n) is 11.5. The molecule has 4 nitrogen and oxygen atoms in total. The molecule has 0 saturated carbocycles. The lowest BCUT2D eigenvalue weighted by molar-refractivity contribution is 0.415. The van der Waals surface area contributed by atoms with Crippen LogP contribution in [0, 0.1) is 11.3 Å².